The molecule has 0 spiro atoms. The molecule has 0 radical (unpaired) electrons. The maximum Gasteiger partial charge on any atom is 0.276 e. The highest BCUT2D eigenvalue weighted by atomic mass is 35.5. The maximum atomic E-state index is 13.0. The number of rotatable bonds is 4. The topological polar surface area (TPSA) is 86.3 Å². The Morgan fingerprint density at radius 2 is 1.93 bits per heavy atom. The number of benzene rings is 1. The first-order chi connectivity index (χ1) is 12.7. The molecule has 1 atom stereocenters. The average Bonchev–Trinajstić information content (AvgIpc) is 2.98. The van der Waals surface area contributed by atoms with Crippen LogP contribution in [0.3, 0.4) is 0 Å². The van der Waals surface area contributed by atoms with Crippen LogP contribution in [0.4, 0.5) is 0 Å². The molecular formula is C20H30ClN5O2. The van der Waals surface area contributed by atoms with Gasteiger partial charge in [-0.15, -0.1) is 17.5 Å². The molecule has 1 aromatic heterocycles. The molecule has 1 unspecified atom stereocenters. The fourth-order valence-electron chi connectivity index (χ4n) is 3.41. The second-order valence-electron chi connectivity index (χ2n) is 8.21. The number of halogens is 1. The van der Waals surface area contributed by atoms with Crippen LogP contribution in [0.15, 0.2) is 24.3 Å². The molecule has 1 aromatic carbocycles. The smallest absolute Gasteiger partial charge is 0.276 e. The Morgan fingerprint density at radius 1 is 1.29 bits per heavy atom. The Morgan fingerprint density at radius 3 is 2.50 bits per heavy atom. The Bertz CT molecular complexity index is 817. The summed E-state index contributed by atoms with van der Waals surface area (Å²) >= 11 is 0. The molecule has 3 rings (SSSR count). The zero-order chi connectivity index (χ0) is 19.8. The third-order valence-electron chi connectivity index (χ3n) is 5.15. The van der Waals surface area contributed by atoms with Gasteiger partial charge in [0, 0.05) is 19.1 Å². The van der Waals surface area contributed by atoms with E-state index in [2.05, 4.69) is 24.2 Å². The van der Waals surface area contributed by atoms with E-state index in [4.69, 9.17) is 10.5 Å². The zero-order valence-corrected chi connectivity index (χ0v) is 18.0. The monoisotopic (exact) mass is 407 g/mol. The molecule has 1 fully saturated rings. The van der Waals surface area contributed by atoms with Gasteiger partial charge in [0.2, 0.25) is 0 Å². The molecule has 7 nitrogen and oxygen atoms in total. The molecule has 2 aromatic rings. The summed E-state index contributed by atoms with van der Waals surface area (Å²) < 4.78 is 7.36. The molecule has 1 aliphatic rings. The van der Waals surface area contributed by atoms with Crippen LogP contribution in [0.25, 0.3) is 5.69 Å². The summed E-state index contributed by atoms with van der Waals surface area (Å²) in [5, 5.41) is 8.36. The van der Waals surface area contributed by atoms with Gasteiger partial charge in [0.1, 0.15) is 5.75 Å². The van der Waals surface area contributed by atoms with Gasteiger partial charge in [-0.3, -0.25) is 4.79 Å². The number of carbonyl (C=O) groups excluding carboxylic acids is 1. The predicted octanol–water partition coefficient (Wildman–Crippen LogP) is 2.98. The quantitative estimate of drug-likeness (QED) is 0.841. The predicted molar refractivity (Wildman–Crippen MR) is 111 cm³/mol. The van der Waals surface area contributed by atoms with Gasteiger partial charge in [-0.2, -0.15) is 0 Å². The standard InChI is InChI=1S/C20H29N5O2.ClH/c1-13(2)27-16-8-6-15(7-9-16)25-14(3)18(22-23-25)19(26)24-11-10-17(21)20(4,5)12-24;/h6-9,13,17H,10-12,21H2,1-5H3;1H. The summed E-state index contributed by atoms with van der Waals surface area (Å²) in [4.78, 5) is 14.8. The fourth-order valence-corrected chi connectivity index (χ4v) is 3.41. The average molecular weight is 408 g/mol. The summed E-state index contributed by atoms with van der Waals surface area (Å²) in [7, 11) is 0. The number of nitrogens with zero attached hydrogens (tertiary/aromatic N) is 4. The molecule has 2 heterocycles. The lowest BCUT2D eigenvalue weighted by molar-refractivity contribution is 0.0526. The molecule has 0 aliphatic carbocycles. The normalized spacial score (nSPS) is 18.7. The van der Waals surface area contributed by atoms with Crippen LogP contribution in [0.2, 0.25) is 0 Å². The van der Waals surface area contributed by atoms with Crippen LogP contribution in [0.1, 0.15) is 50.3 Å². The molecule has 2 N–H and O–H groups in total. The summed E-state index contributed by atoms with van der Waals surface area (Å²) in [5.74, 6) is 0.716. The SMILES string of the molecule is Cc1c(C(=O)N2CCC(N)C(C)(C)C2)nnn1-c1ccc(OC(C)C)cc1.Cl. The lowest BCUT2D eigenvalue weighted by Crippen LogP contribution is -2.54. The van der Waals surface area contributed by atoms with Crippen molar-refractivity contribution in [2.45, 2.75) is 53.2 Å². The first-order valence-corrected chi connectivity index (χ1v) is 9.43. The molecule has 1 aliphatic heterocycles. The number of nitrogens with two attached hydrogens (primary N) is 1. The fraction of sp³-hybridized carbons (Fsp3) is 0.550. The highest BCUT2D eigenvalue weighted by molar-refractivity contribution is 5.93. The van der Waals surface area contributed by atoms with Gasteiger partial charge < -0.3 is 15.4 Å². The number of ether oxygens (including phenoxy) is 1. The van der Waals surface area contributed by atoms with E-state index in [-0.39, 0.29) is 35.9 Å². The second-order valence-corrected chi connectivity index (χ2v) is 8.21. The Balaban J connectivity index is 0.00000280. The number of carbonyl (C=O) groups is 1. The van der Waals surface area contributed by atoms with Crippen LogP contribution >= 0.6 is 12.4 Å². The van der Waals surface area contributed by atoms with Gasteiger partial charge in [0.25, 0.3) is 5.91 Å². The van der Waals surface area contributed by atoms with Gasteiger partial charge in [-0.25, -0.2) is 4.68 Å². The van der Waals surface area contributed by atoms with Crippen molar-refractivity contribution in [1.29, 1.82) is 0 Å². The minimum absolute atomic E-state index is 0. The molecule has 8 heteroatoms. The number of amides is 1. The minimum atomic E-state index is -0.107. The van der Waals surface area contributed by atoms with E-state index >= 15 is 0 Å². The first kappa shape index (κ1) is 22.2. The highest BCUT2D eigenvalue weighted by Crippen LogP contribution is 2.29. The minimum Gasteiger partial charge on any atom is -0.491 e. The van der Waals surface area contributed by atoms with Crippen molar-refractivity contribution < 1.29 is 9.53 Å². The highest BCUT2D eigenvalue weighted by Gasteiger charge is 2.36. The molecular weight excluding hydrogens is 378 g/mol. The summed E-state index contributed by atoms with van der Waals surface area (Å²) in [6.45, 7) is 11.3. The van der Waals surface area contributed by atoms with Gasteiger partial charge in [0.15, 0.2) is 5.69 Å². The van der Waals surface area contributed by atoms with Crippen molar-refractivity contribution >= 4 is 18.3 Å². The van der Waals surface area contributed by atoms with Crippen molar-refractivity contribution in [2.24, 2.45) is 11.1 Å². The van der Waals surface area contributed by atoms with Crippen molar-refractivity contribution in [3.05, 3.63) is 35.7 Å². The third kappa shape index (κ3) is 4.47. The van der Waals surface area contributed by atoms with Gasteiger partial charge in [-0.1, -0.05) is 19.1 Å². The van der Waals surface area contributed by atoms with E-state index in [1.165, 1.54) is 0 Å². The maximum absolute atomic E-state index is 13.0. The molecule has 1 saturated heterocycles. The Labute approximate surface area is 172 Å². The Hall–Kier alpha value is -2.12. The zero-order valence-electron chi connectivity index (χ0n) is 17.2. The van der Waals surface area contributed by atoms with Crippen molar-refractivity contribution in [3.63, 3.8) is 0 Å². The largest absolute Gasteiger partial charge is 0.491 e. The lowest BCUT2D eigenvalue weighted by Gasteiger charge is -2.42. The van der Waals surface area contributed by atoms with E-state index in [0.717, 1.165) is 23.6 Å². The number of hydrogen-bond acceptors (Lipinski definition) is 5. The van der Waals surface area contributed by atoms with Gasteiger partial charge in [-0.05, 0) is 56.9 Å². The number of aromatic nitrogens is 3. The van der Waals surface area contributed by atoms with Gasteiger partial charge in [0.05, 0.1) is 17.5 Å². The molecule has 28 heavy (non-hydrogen) atoms. The van der Waals surface area contributed by atoms with E-state index in [0.29, 0.717) is 18.8 Å². The van der Waals surface area contributed by atoms with Crippen molar-refractivity contribution in [1.82, 2.24) is 19.9 Å². The summed E-state index contributed by atoms with van der Waals surface area (Å²) in [6, 6.07) is 7.72. The lowest BCUT2D eigenvalue weighted by atomic mass is 9.79. The second kappa shape index (κ2) is 8.49. The van der Waals surface area contributed by atoms with E-state index in [1.807, 2.05) is 49.9 Å². The van der Waals surface area contributed by atoms with Crippen LogP contribution in [0, 0.1) is 12.3 Å². The van der Waals surface area contributed by atoms with E-state index < -0.39 is 0 Å². The molecule has 154 valence electrons. The summed E-state index contributed by atoms with van der Waals surface area (Å²) in [5.41, 5.74) is 8.04. The molecule has 0 saturated carbocycles. The van der Waals surface area contributed by atoms with E-state index in [9.17, 15) is 4.79 Å². The van der Waals surface area contributed by atoms with Crippen LogP contribution in [-0.2, 0) is 0 Å². The number of piperidine rings is 1. The van der Waals surface area contributed by atoms with Crippen LogP contribution < -0.4 is 10.5 Å². The van der Waals surface area contributed by atoms with Gasteiger partial charge >= 0.3 is 0 Å². The molecule has 0 bridgehead atoms. The van der Waals surface area contributed by atoms with E-state index in [1.54, 1.807) is 4.68 Å². The molecule has 1 amide bonds. The Kier molecular flexibility index (Phi) is 6.72. The van der Waals surface area contributed by atoms with Crippen molar-refractivity contribution in [2.75, 3.05) is 13.1 Å². The van der Waals surface area contributed by atoms with Crippen LogP contribution in [-0.4, -0.2) is 51.0 Å². The number of likely N-dealkylation sites (tertiary alicyclic amines) is 1. The van der Waals surface area contributed by atoms with Crippen LogP contribution in [0.5, 0.6) is 5.75 Å². The third-order valence-corrected chi connectivity index (χ3v) is 5.15. The summed E-state index contributed by atoms with van der Waals surface area (Å²) in [6.07, 6.45) is 0.915. The first-order valence-electron chi connectivity index (χ1n) is 9.43. The number of hydrogen-bond donors (Lipinski definition) is 1. The van der Waals surface area contributed by atoms with Crippen molar-refractivity contribution in [3.8, 4) is 11.4 Å².